The van der Waals surface area contributed by atoms with E-state index in [1.807, 2.05) is 6.07 Å². The number of pyridine rings is 1. The Bertz CT molecular complexity index is 429. The fourth-order valence-electron chi connectivity index (χ4n) is 1.83. The molecule has 17 heavy (non-hydrogen) atoms. The molecule has 1 aliphatic rings. The number of aromatic nitrogens is 1. The first kappa shape index (κ1) is 11.6. The summed E-state index contributed by atoms with van der Waals surface area (Å²) in [5, 5.41) is 14.8. The van der Waals surface area contributed by atoms with E-state index in [-0.39, 0.29) is 11.9 Å². The molecule has 0 radical (unpaired) electrons. The number of amides is 1. The molecule has 0 aromatic carbocycles. The zero-order valence-electron chi connectivity index (χ0n) is 9.44. The molecule has 2 heterocycles. The van der Waals surface area contributed by atoms with Gasteiger partial charge in [0.15, 0.2) is 0 Å². The van der Waals surface area contributed by atoms with E-state index in [4.69, 9.17) is 5.26 Å². The highest BCUT2D eigenvalue weighted by Gasteiger charge is 2.16. The molecular weight excluding hydrogens is 216 g/mol. The van der Waals surface area contributed by atoms with Crippen molar-refractivity contribution in [2.24, 2.45) is 0 Å². The Morgan fingerprint density at radius 3 is 3.06 bits per heavy atom. The summed E-state index contributed by atoms with van der Waals surface area (Å²) in [6.45, 7) is 1.82. The van der Waals surface area contributed by atoms with Crippen LogP contribution in [0.3, 0.4) is 0 Å². The Hall–Kier alpha value is -1.93. The number of hydrogen-bond donors (Lipinski definition) is 2. The first-order chi connectivity index (χ1) is 8.29. The van der Waals surface area contributed by atoms with Crippen LogP contribution in [-0.2, 0) is 0 Å². The van der Waals surface area contributed by atoms with Crippen molar-refractivity contribution in [3.8, 4) is 6.07 Å². The van der Waals surface area contributed by atoms with Crippen molar-refractivity contribution >= 4 is 5.91 Å². The molecule has 5 heteroatoms. The molecule has 88 valence electrons. The second kappa shape index (κ2) is 5.41. The highest BCUT2D eigenvalue weighted by atomic mass is 16.1. The molecule has 0 saturated carbocycles. The van der Waals surface area contributed by atoms with E-state index >= 15 is 0 Å². The second-order valence-corrected chi connectivity index (χ2v) is 4.06. The van der Waals surface area contributed by atoms with Crippen molar-refractivity contribution in [1.29, 1.82) is 5.26 Å². The van der Waals surface area contributed by atoms with Crippen LogP contribution in [0.15, 0.2) is 18.3 Å². The smallest absolute Gasteiger partial charge is 0.270 e. The zero-order valence-corrected chi connectivity index (χ0v) is 9.44. The van der Waals surface area contributed by atoms with Gasteiger partial charge in [0.2, 0.25) is 0 Å². The van der Waals surface area contributed by atoms with Gasteiger partial charge >= 0.3 is 0 Å². The molecule has 1 atom stereocenters. The van der Waals surface area contributed by atoms with Crippen LogP contribution < -0.4 is 10.6 Å². The van der Waals surface area contributed by atoms with Gasteiger partial charge in [-0.25, -0.2) is 4.98 Å². The minimum Gasteiger partial charge on any atom is -0.347 e. The van der Waals surface area contributed by atoms with Crippen molar-refractivity contribution in [2.45, 2.75) is 18.9 Å². The van der Waals surface area contributed by atoms with E-state index in [0.717, 1.165) is 25.9 Å². The second-order valence-electron chi connectivity index (χ2n) is 4.06. The molecule has 1 aromatic rings. The van der Waals surface area contributed by atoms with E-state index in [1.165, 1.54) is 6.20 Å². The minimum absolute atomic E-state index is 0.175. The monoisotopic (exact) mass is 230 g/mol. The van der Waals surface area contributed by atoms with Gasteiger partial charge in [-0.15, -0.1) is 0 Å². The maximum atomic E-state index is 11.8. The van der Waals surface area contributed by atoms with Crippen LogP contribution in [0.25, 0.3) is 0 Å². The molecule has 1 aliphatic heterocycles. The predicted octanol–water partition coefficient (Wildman–Crippen LogP) is 0.435. The molecule has 0 bridgehead atoms. The summed E-state index contributed by atoms with van der Waals surface area (Å²) in [6.07, 6.45) is 3.48. The Labute approximate surface area is 99.9 Å². The van der Waals surface area contributed by atoms with Crippen molar-refractivity contribution in [2.75, 3.05) is 13.1 Å². The Morgan fingerprint density at radius 1 is 1.59 bits per heavy atom. The molecule has 0 aliphatic carbocycles. The first-order valence-corrected chi connectivity index (χ1v) is 5.67. The number of rotatable bonds is 2. The van der Waals surface area contributed by atoms with E-state index in [0.29, 0.717) is 11.3 Å². The summed E-state index contributed by atoms with van der Waals surface area (Å²) in [4.78, 5) is 15.8. The number of nitriles is 1. The molecule has 1 fully saturated rings. The predicted molar refractivity (Wildman–Crippen MR) is 62.3 cm³/mol. The molecule has 5 nitrogen and oxygen atoms in total. The lowest BCUT2D eigenvalue weighted by Crippen LogP contribution is -2.45. The standard InChI is InChI=1S/C12H14N4O/c13-6-9-3-4-11(15-7-9)12(17)16-10-2-1-5-14-8-10/h3-4,7,10,14H,1-2,5,8H2,(H,16,17)/t10-/m1/s1. The molecular formula is C12H14N4O. The average Bonchev–Trinajstić information content (AvgIpc) is 2.40. The van der Waals surface area contributed by atoms with Crippen LogP contribution in [0, 0.1) is 11.3 Å². The third-order valence-electron chi connectivity index (χ3n) is 2.76. The Morgan fingerprint density at radius 2 is 2.47 bits per heavy atom. The number of carbonyl (C=O) groups is 1. The molecule has 0 spiro atoms. The van der Waals surface area contributed by atoms with E-state index < -0.39 is 0 Å². The lowest BCUT2D eigenvalue weighted by Gasteiger charge is -2.23. The summed E-state index contributed by atoms with van der Waals surface area (Å²) in [7, 11) is 0. The summed E-state index contributed by atoms with van der Waals surface area (Å²) in [5.41, 5.74) is 0.815. The van der Waals surface area contributed by atoms with Gasteiger partial charge in [0.05, 0.1) is 5.56 Å². The van der Waals surface area contributed by atoms with Crippen molar-refractivity contribution in [3.63, 3.8) is 0 Å². The summed E-state index contributed by atoms with van der Waals surface area (Å²) in [6, 6.07) is 5.32. The molecule has 2 N–H and O–H groups in total. The van der Waals surface area contributed by atoms with Crippen molar-refractivity contribution in [3.05, 3.63) is 29.6 Å². The number of carbonyl (C=O) groups excluding carboxylic acids is 1. The third kappa shape index (κ3) is 3.02. The quantitative estimate of drug-likeness (QED) is 0.772. The van der Waals surface area contributed by atoms with E-state index in [2.05, 4.69) is 15.6 Å². The lowest BCUT2D eigenvalue weighted by atomic mass is 10.1. The fraction of sp³-hybridized carbons (Fsp3) is 0.417. The van der Waals surface area contributed by atoms with Crippen LogP contribution >= 0.6 is 0 Å². The van der Waals surface area contributed by atoms with Gasteiger partial charge in [-0.2, -0.15) is 5.26 Å². The SMILES string of the molecule is N#Cc1ccc(C(=O)N[C@@H]2CCCNC2)nc1. The maximum Gasteiger partial charge on any atom is 0.270 e. The van der Waals surface area contributed by atoms with Gasteiger partial charge in [0.25, 0.3) is 5.91 Å². The molecule has 1 aromatic heterocycles. The molecule has 1 saturated heterocycles. The van der Waals surface area contributed by atoms with Crippen molar-refractivity contribution < 1.29 is 4.79 Å². The summed E-state index contributed by atoms with van der Waals surface area (Å²) in [5.74, 6) is -0.178. The van der Waals surface area contributed by atoms with Gasteiger partial charge in [-0.05, 0) is 31.5 Å². The van der Waals surface area contributed by atoms with Crippen LogP contribution in [-0.4, -0.2) is 30.0 Å². The number of piperidine rings is 1. The lowest BCUT2D eigenvalue weighted by molar-refractivity contribution is 0.0925. The van der Waals surface area contributed by atoms with Gasteiger partial charge < -0.3 is 10.6 Å². The number of nitrogens with zero attached hydrogens (tertiary/aromatic N) is 2. The van der Waals surface area contributed by atoms with E-state index in [9.17, 15) is 4.79 Å². The topological polar surface area (TPSA) is 77.8 Å². The maximum absolute atomic E-state index is 11.8. The van der Waals surface area contributed by atoms with Gasteiger partial charge in [0, 0.05) is 18.8 Å². The normalized spacial score (nSPS) is 19.4. The van der Waals surface area contributed by atoms with Crippen LogP contribution in [0.5, 0.6) is 0 Å². The highest BCUT2D eigenvalue weighted by molar-refractivity contribution is 5.92. The summed E-state index contributed by atoms with van der Waals surface area (Å²) >= 11 is 0. The molecule has 1 amide bonds. The first-order valence-electron chi connectivity index (χ1n) is 5.67. The highest BCUT2D eigenvalue weighted by Crippen LogP contribution is 2.04. The summed E-state index contributed by atoms with van der Waals surface area (Å²) < 4.78 is 0. The zero-order chi connectivity index (χ0) is 12.1. The van der Waals surface area contributed by atoms with Crippen LogP contribution in [0.1, 0.15) is 28.9 Å². The molecule has 0 unspecified atom stereocenters. The van der Waals surface area contributed by atoms with Crippen LogP contribution in [0.2, 0.25) is 0 Å². The van der Waals surface area contributed by atoms with Crippen LogP contribution in [0.4, 0.5) is 0 Å². The fourth-order valence-corrected chi connectivity index (χ4v) is 1.83. The Kier molecular flexibility index (Phi) is 3.68. The minimum atomic E-state index is -0.178. The molecule has 2 rings (SSSR count). The van der Waals surface area contributed by atoms with Gasteiger partial charge in [-0.1, -0.05) is 0 Å². The van der Waals surface area contributed by atoms with Gasteiger partial charge in [-0.3, -0.25) is 4.79 Å². The third-order valence-corrected chi connectivity index (χ3v) is 2.76. The van der Waals surface area contributed by atoms with E-state index in [1.54, 1.807) is 12.1 Å². The number of hydrogen-bond acceptors (Lipinski definition) is 4. The average molecular weight is 230 g/mol. The largest absolute Gasteiger partial charge is 0.347 e. The Balaban J connectivity index is 1.96. The van der Waals surface area contributed by atoms with Gasteiger partial charge in [0.1, 0.15) is 11.8 Å². The number of nitrogens with one attached hydrogen (secondary N) is 2. The van der Waals surface area contributed by atoms with Crippen molar-refractivity contribution in [1.82, 2.24) is 15.6 Å².